The van der Waals surface area contributed by atoms with Crippen LogP contribution in [-0.2, 0) is 6.54 Å². The van der Waals surface area contributed by atoms with Crippen molar-refractivity contribution in [2.75, 3.05) is 18.6 Å². The quantitative estimate of drug-likeness (QED) is 0.854. The molecule has 0 atom stereocenters. The van der Waals surface area contributed by atoms with Crippen molar-refractivity contribution < 1.29 is 9.53 Å². The number of hydrogen-bond donors (Lipinski definition) is 0. The molecule has 1 aromatic carbocycles. The number of methoxy groups -OCH3 is 1. The molecule has 0 bridgehead atoms. The fourth-order valence-corrected chi connectivity index (χ4v) is 2.35. The van der Waals surface area contributed by atoms with Crippen LogP contribution in [0.1, 0.15) is 22.3 Å². The monoisotopic (exact) mass is 269 g/mol. The Labute approximate surface area is 117 Å². The third kappa shape index (κ3) is 2.34. The van der Waals surface area contributed by atoms with Crippen LogP contribution in [0.2, 0.25) is 0 Å². The van der Waals surface area contributed by atoms with Gasteiger partial charge in [0, 0.05) is 25.7 Å². The van der Waals surface area contributed by atoms with Crippen molar-refractivity contribution in [3.8, 4) is 5.75 Å². The van der Waals surface area contributed by atoms with Crippen LogP contribution in [-0.4, -0.2) is 29.4 Å². The Kier molecular flexibility index (Phi) is 3.33. The lowest BCUT2D eigenvalue weighted by Crippen LogP contribution is -2.32. The minimum absolute atomic E-state index is 0.117. The van der Waals surface area contributed by atoms with E-state index < -0.39 is 0 Å². The van der Waals surface area contributed by atoms with Crippen molar-refractivity contribution in [3.05, 3.63) is 47.9 Å². The van der Waals surface area contributed by atoms with Crippen molar-refractivity contribution in [2.45, 2.75) is 13.0 Å². The number of rotatable bonds is 3. The Morgan fingerprint density at radius 3 is 2.85 bits per heavy atom. The lowest BCUT2D eigenvalue weighted by Gasteiger charge is -2.28. The van der Waals surface area contributed by atoms with E-state index in [1.165, 1.54) is 6.33 Å². The van der Waals surface area contributed by atoms with Crippen molar-refractivity contribution in [1.82, 2.24) is 9.97 Å². The van der Waals surface area contributed by atoms with Gasteiger partial charge in [0.05, 0.1) is 12.7 Å². The predicted molar refractivity (Wildman–Crippen MR) is 75.0 cm³/mol. The molecule has 0 unspecified atom stereocenters. The number of ketones is 1. The van der Waals surface area contributed by atoms with E-state index in [4.69, 9.17) is 4.74 Å². The average molecular weight is 269 g/mol. The topological polar surface area (TPSA) is 55.3 Å². The van der Waals surface area contributed by atoms with Crippen molar-refractivity contribution in [3.63, 3.8) is 0 Å². The van der Waals surface area contributed by atoms with Gasteiger partial charge in [-0.3, -0.25) is 4.79 Å². The van der Waals surface area contributed by atoms with E-state index in [1.807, 2.05) is 24.3 Å². The molecule has 0 spiro atoms. The molecular weight excluding hydrogens is 254 g/mol. The summed E-state index contributed by atoms with van der Waals surface area (Å²) < 4.78 is 5.15. The van der Waals surface area contributed by atoms with Gasteiger partial charge in [0.15, 0.2) is 5.78 Å². The van der Waals surface area contributed by atoms with E-state index in [9.17, 15) is 4.79 Å². The van der Waals surface area contributed by atoms with Crippen LogP contribution < -0.4 is 9.64 Å². The first-order valence-electron chi connectivity index (χ1n) is 6.49. The summed E-state index contributed by atoms with van der Waals surface area (Å²) in [5, 5.41) is 0. The molecule has 0 N–H and O–H groups in total. The molecule has 0 radical (unpaired) electrons. The fourth-order valence-electron chi connectivity index (χ4n) is 2.35. The van der Waals surface area contributed by atoms with Crippen LogP contribution in [0.3, 0.4) is 0 Å². The van der Waals surface area contributed by atoms with E-state index in [2.05, 4.69) is 14.9 Å². The summed E-state index contributed by atoms with van der Waals surface area (Å²) in [5.74, 6) is 1.68. The highest BCUT2D eigenvalue weighted by atomic mass is 16.5. The van der Waals surface area contributed by atoms with Crippen LogP contribution in [0.15, 0.2) is 36.8 Å². The summed E-state index contributed by atoms with van der Waals surface area (Å²) in [4.78, 5) is 22.1. The first-order chi connectivity index (χ1) is 9.78. The van der Waals surface area contributed by atoms with Gasteiger partial charge in [0.25, 0.3) is 0 Å². The van der Waals surface area contributed by atoms with Gasteiger partial charge in [-0.1, -0.05) is 12.1 Å². The van der Waals surface area contributed by atoms with Crippen LogP contribution >= 0.6 is 0 Å². The molecule has 3 rings (SSSR count). The summed E-state index contributed by atoms with van der Waals surface area (Å²) in [5.41, 5.74) is 1.77. The lowest BCUT2D eigenvalue weighted by atomic mass is 10.1. The highest BCUT2D eigenvalue weighted by Gasteiger charge is 2.24. The van der Waals surface area contributed by atoms with Gasteiger partial charge >= 0.3 is 0 Å². The molecule has 1 aliphatic heterocycles. The molecule has 0 saturated heterocycles. The van der Waals surface area contributed by atoms with Crippen LogP contribution in [0.5, 0.6) is 5.75 Å². The summed E-state index contributed by atoms with van der Waals surface area (Å²) in [6.45, 7) is 1.41. The Bertz CT molecular complexity index is 625. The van der Waals surface area contributed by atoms with Gasteiger partial charge in [-0.15, -0.1) is 0 Å². The van der Waals surface area contributed by atoms with E-state index in [-0.39, 0.29) is 5.78 Å². The second-order valence-corrected chi connectivity index (χ2v) is 4.70. The molecule has 0 aliphatic carbocycles. The number of ether oxygens (including phenoxy) is 1. The number of hydrogen-bond acceptors (Lipinski definition) is 5. The summed E-state index contributed by atoms with van der Waals surface area (Å²) in [6, 6.07) is 7.92. The smallest absolute Gasteiger partial charge is 0.169 e. The summed E-state index contributed by atoms with van der Waals surface area (Å²) in [7, 11) is 1.65. The molecule has 1 aliphatic rings. The van der Waals surface area contributed by atoms with E-state index in [0.717, 1.165) is 23.7 Å². The average Bonchev–Trinajstić information content (AvgIpc) is 2.51. The summed E-state index contributed by atoms with van der Waals surface area (Å²) >= 11 is 0. The van der Waals surface area contributed by atoms with Crippen molar-refractivity contribution in [2.24, 2.45) is 0 Å². The first kappa shape index (κ1) is 12.6. The number of fused-ring (bicyclic) bond motifs is 1. The maximum absolute atomic E-state index is 11.8. The highest BCUT2D eigenvalue weighted by Crippen LogP contribution is 2.25. The second-order valence-electron chi connectivity index (χ2n) is 4.70. The molecule has 102 valence electrons. The molecule has 5 nitrogen and oxygen atoms in total. The number of carbonyl (C=O) groups excluding carboxylic acids is 1. The number of Topliss-reactive ketones (excluding diaryl/α,β-unsaturated/α-hetero) is 1. The number of aromatic nitrogens is 2. The van der Waals surface area contributed by atoms with Gasteiger partial charge in [0.1, 0.15) is 17.9 Å². The Morgan fingerprint density at radius 2 is 2.10 bits per heavy atom. The van der Waals surface area contributed by atoms with E-state index in [1.54, 1.807) is 13.3 Å². The fraction of sp³-hybridized carbons (Fsp3) is 0.267. The zero-order valence-corrected chi connectivity index (χ0v) is 11.2. The minimum Gasteiger partial charge on any atom is -0.497 e. The first-order valence-corrected chi connectivity index (χ1v) is 6.49. The largest absolute Gasteiger partial charge is 0.497 e. The molecule has 0 amide bonds. The maximum Gasteiger partial charge on any atom is 0.169 e. The van der Waals surface area contributed by atoms with Gasteiger partial charge < -0.3 is 9.64 Å². The van der Waals surface area contributed by atoms with E-state index >= 15 is 0 Å². The van der Waals surface area contributed by atoms with E-state index in [0.29, 0.717) is 18.5 Å². The number of anilines is 1. The second kappa shape index (κ2) is 5.28. The highest BCUT2D eigenvalue weighted by molar-refractivity contribution is 6.02. The van der Waals surface area contributed by atoms with Crippen LogP contribution in [0.4, 0.5) is 5.82 Å². The normalized spacial score (nSPS) is 14.1. The zero-order chi connectivity index (χ0) is 13.9. The van der Waals surface area contributed by atoms with Crippen LogP contribution in [0, 0.1) is 0 Å². The number of benzene rings is 1. The molecular formula is C15H15N3O2. The Balaban J connectivity index is 1.84. The molecule has 0 saturated carbocycles. The number of carbonyl (C=O) groups is 1. The van der Waals surface area contributed by atoms with Gasteiger partial charge in [-0.25, -0.2) is 9.97 Å². The third-order valence-electron chi connectivity index (χ3n) is 3.43. The Hall–Kier alpha value is -2.43. The molecule has 1 aromatic heterocycles. The van der Waals surface area contributed by atoms with Crippen molar-refractivity contribution in [1.29, 1.82) is 0 Å². The van der Waals surface area contributed by atoms with Gasteiger partial charge in [-0.2, -0.15) is 0 Å². The Morgan fingerprint density at radius 1 is 1.30 bits per heavy atom. The minimum atomic E-state index is 0.117. The maximum atomic E-state index is 11.8. The van der Waals surface area contributed by atoms with Crippen molar-refractivity contribution >= 4 is 11.6 Å². The van der Waals surface area contributed by atoms with Gasteiger partial charge in [-0.05, 0) is 17.7 Å². The standard InChI is InChI=1S/C15H15N3O2/c1-20-12-4-2-11(3-5-12)9-18-7-6-14(19)13-8-16-10-17-15(13)18/h2-5,8,10H,6-7,9H2,1H3. The predicted octanol–water partition coefficient (Wildman–Crippen LogP) is 2.08. The molecule has 2 heterocycles. The van der Waals surface area contributed by atoms with Crippen LogP contribution in [0.25, 0.3) is 0 Å². The lowest BCUT2D eigenvalue weighted by molar-refractivity contribution is 0.0978. The summed E-state index contributed by atoms with van der Waals surface area (Å²) in [6.07, 6.45) is 3.60. The van der Waals surface area contributed by atoms with Gasteiger partial charge in [0.2, 0.25) is 0 Å². The molecule has 0 fully saturated rings. The third-order valence-corrected chi connectivity index (χ3v) is 3.43. The molecule has 5 heteroatoms. The molecule has 2 aromatic rings. The SMILES string of the molecule is COc1ccc(CN2CCC(=O)c3cncnc32)cc1. The zero-order valence-electron chi connectivity index (χ0n) is 11.2. The molecule has 20 heavy (non-hydrogen) atoms. The number of nitrogens with zero attached hydrogens (tertiary/aromatic N) is 3.